The highest BCUT2D eigenvalue weighted by Gasteiger charge is 2.29. The topological polar surface area (TPSA) is 111 Å². The maximum atomic E-state index is 13.8. The Morgan fingerprint density at radius 2 is 1.89 bits per heavy atom. The van der Waals surface area contributed by atoms with Gasteiger partial charge >= 0.3 is 11.7 Å². The van der Waals surface area contributed by atoms with Crippen LogP contribution in [0.5, 0.6) is 0 Å². The number of carboxylic acid groups (broad SMARTS) is 1. The summed E-state index contributed by atoms with van der Waals surface area (Å²) < 4.78 is 6.42. The van der Waals surface area contributed by atoms with Crippen LogP contribution in [0.4, 0.5) is 0 Å². The summed E-state index contributed by atoms with van der Waals surface area (Å²) in [6.45, 7) is 2.29. The molecule has 1 atom stereocenters. The van der Waals surface area contributed by atoms with Crippen molar-refractivity contribution in [2.24, 2.45) is 7.05 Å². The van der Waals surface area contributed by atoms with Gasteiger partial charge in [0.25, 0.3) is 0 Å². The number of carbonyl (C=O) groups is 1. The van der Waals surface area contributed by atoms with Crippen LogP contribution in [0.2, 0.25) is 0 Å². The van der Waals surface area contributed by atoms with E-state index >= 15 is 0 Å². The molecule has 1 saturated heterocycles. The number of hydrogen-bond donors (Lipinski definition) is 1. The lowest BCUT2D eigenvalue weighted by Crippen LogP contribution is -2.29. The number of pyridine rings is 2. The highest BCUT2D eigenvalue weighted by atomic mass is 79.9. The first-order valence-corrected chi connectivity index (χ1v) is 13.0. The minimum Gasteiger partial charge on any atom is -0.478 e. The van der Waals surface area contributed by atoms with E-state index in [1.165, 1.54) is 0 Å². The third-order valence-electron chi connectivity index (χ3n) is 7.07. The Bertz CT molecular complexity index is 1700. The Labute approximate surface area is 226 Å². The molecule has 4 aromatic heterocycles. The van der Waals surface area contributed by atoms with Gasteiger partial charge in [0.2, 0.25) is 0 Å². The molecule has 0 unspecified atom stereocenters. The number of likely N-dealkylation sites (tertiary alicyclic amines) is 1. The minimum atomic E-state index is -0.973. The summed E-state index contributed by atoms with van der Waals surface area (Å²) in [7, 11) is 1.98. The summed E-state index contributed by atoms with van der Waals surface area (Å²) >= 11 is 3.50. The predicted molar refractivity (Wildman–Crippen MR) is 145 cm³/mol. The van der Waals surface area contributed by atoms with Crippen molar-refractivity contribution in [3.05, 3.63) is 93.6 Å². The number of halogens is 1. The Morgan fingerprint density at radius 1 is 1.08 bits per heavy atom. The molecule has 0 radical (unpaired) electrons. The first-order chi connectivity index (χ1) is 18.4. The smallest absolute Gasteiger partial charge is 0.335 e. The first kappa shape index (κ1) is 24.3. The molecule has 1 aliphatic rings. The molecule has 0 amide bonds. The van der Waals surface area contributed by atoms with Gasteiger partial charge in [-0.3, -0.25) is 19.0 Å². The van der Waals surface area contributed by atoms with Crippen molar-refractivity contribution in [1.29, 1.82) is 0 Å². The number of fused-ring (bicyclic) bond motifs is 1. The summed E-state index contributed by atoms with van der Waals surface area (Å²) in [6, 6.07) is 14.0. The Hall–Kier alpha value is -4.09. The monoisotopic (exact) mass is 573 g/mol. The highest BCUT2D eigenvalue weighted by molar-refractivity contribution is 9.10. The molecule has 1 N–H and O–H groups in total. The van der Waals surface area contributed by atoms with Crippen LogP contribution in [0.1, 0.15) is 28.6 Å². The zero-order valence-corrected chi connectivity index (χ0v) is 22.1. The van der Waals surface area contributed by atoms with E-state index in [0.717, 1.165) is 41.0 Å². The molecule has 1 aliphatic heterocycles. The molecule has 0 saturated carbocycles. The second-order valence-electron chi connectivity index (χ2n) is 9.35. The van der Waals surface area contributed by atoms with E-state index in [4.69, 9.17) is 5.11 Å². The van der Waals surface area contributed by atoms with Gasteiger partial charge in [-0.25, -0.2) is 19.6 Å². The first-order valence-electron chi connectivity index (χ1n) is 12.2. The van der Waals surface area contributed by atoms with Crippen molar-refractivity contribution < 1.29 is 9.90 Å². The molecular weight excluding hydrogens is 550 g/mol. The SMILES string of the molecule is Cn1c(Br)cnc1CN1CC[C@@H](n2c(=O)n(-c3ccc(-c4ccc(C(=O)O)cc4)nc3)c3cccnc32)C1. The molecule has 6 rings (SSSR count). The van der Waals surface area contributed by atoms with Gasteiger partial charge in [-0.2, -0.15) is 0 Å². The van der Waals surface area contributed by atoms with E-state index in [0.29, 0.717) is 23.6 Å². The third-order valence-corrected chi connectivity index (χ3v) is 7.81. The number of nitrogens with zero attached hydrogens (tertiary/aromatic N) is 7. The molecule has 10 nitrogen and oxygen atoms in total. The van der Waals surface area contributed by atoms with Crippen molar-refractivity contribution in [2.45, 2.75) is 19.0 Å². The van der Waals surface area contributed by atoms with Crippen LogP contribution in [-0.4, -0.2) is 57.7 Å². The predicted octanol–water partition coefficient (Wildman–Crippen LogP) is 3.89. The van der Waals surface area contributed by atoms with Crippen LogP contribution in [0.3, 0.4) is 0 Å². The van der Waals surface area contributed by atoms with Crippen molar-refractivity contribution >= 4 is 33.1 Å². The molecule has 1 fully saturated rings. The van der Waals surface area contributed by atoms with Crippen LogP contribution in [0.25, 0.3) is 28.1 Å². The number of imidazole rings is 2. The molecule has 1 aromatic carbocycles. The Balaban J connectivity index is 1.31. The van der Waals surface area contributed by atoms with Gasteiger partial charge < -0.3 is 9.67 Å². The fourth-order valence-electron chi connectivity index (χ4n) is 5.04. The molecule has 38 heavy (non-hydrogen) atoms. The van der Waals surface area contributed by atoms with Gasteiger partial charge in [0.15, 0.2) is 5.65 Å². The number of hydrogen-bond acceptors (Lipinski definition) is 6. The number of carboxylic acids is 1. The van der Waals surface area contributed by atoms with E-state index in [9.17, 15) is 9.59 Å². The molecule has 5 aromatic rings. The van der Waals surface area contributed by atoms with Crippen LogP contribution in [-0.2, 0) is 13.6 Å². The molecule has 0 spiro atoms. The number of rotatable bonds is 6. The van der Waals surface area contributed by atoms with Gasteiger partial charge in [0.05, 0.1) is 47.4 Å². The summed E-state index contributed by atoms with van der Waals surface area (Å²) in [5, 5.41) is 9.13. The number of aromatic nitrogens is 6. The van der Waals surface area contributed by atoms with Crippen molar-refractivity contribution in [3.8, 4) is 16.9 Å². The summed E-state index contributed by atoms with van der Waals surface area (Å²) in [4.78, 5) is 40.9. The van der Waals surface area contributed by atoms with Gasteiger partial charge in [-0.1, -0.05) is 12.1 Å². The van der Waals surface area contributed by atoms with Crippen LogP contribution >= 0.6 is 15.9 Å². The number of aromatic carboxylic acids is 1. The van der Waals surface area contributed by atoms with E-state index in [1.807, 2.05) is 40.4 Å². The van der Waals surface area contributed by atoms with Crippen molar-refractivity contribution in [1.82, 2.24) is 33.6 Å². The Kier molecular flexibility index (Phi) is 6.16. The summed E-state index contributed by atoms with van der Waals surface area (Å²) in [6.07, 6.45) is 6.02. The molecule has 5 heterocycles. The lowest BCUT2D eigenvalue weighted by atomic mass is 10.1. The van der Waals surface area contributed by atoms with Crippen LogP contribution in [0.15, 0.2) is 76.5 Å². The summed E-state index contributed by atoms with van der Waals surface area (Å²) in [5.41, 5.74) is 3.57. The lowest BCUT2D eigenvalue weighted by molar-refractivity contribution is 0.0697. The van der Waals surface area contributed by atoms with E-state index in [1.54, 1.807) is 47.4 Å². The Morgan fingerprint density at radius 3 is 2.58 bits per heavy atom. The number of benzene rings is 1. The zero-order chi connectivity index (χ0) is 26.4. The maximum absolute atomic E-state index is 13.8. The quantitative estimate of drug-likeness (QED) is 0.328. The fraction of sp³-hybridized carbons (Fsp3) is 0.222. The standard InChI is InChI=1S/C27H24BrN7O3/c1-32-23(28)14-31-24(32)16-33-12-10-20(15-33)35-25-22(3-2-11-29-25)34(27(35)38)19-8-9-21(30-13-19)17-4-6-18(7-5-17)26(36)37/h2-9,11,13-14,20H,10,12,15-16H2,1H3,(H,36,37)/t20-/m1/s1. The average molecular weight is 574 g/mol. The van der Waals surface area contributed by atoms with Gasteiger partial charge in [-0.15, -0.1) is 0 Å². The van der Waals surface area contributed by atoms with E-state index < -0.39 is 5.97 Å². The average Bonchev–Trinajstić information content (AvgIpc) is 3.60. The van der Waals surface area contributed by atoms with E-state index in [-0.39, 0.29) is 17.3 Å². The molecule has 0 aliphatic carbocycles. The second kappa shape index (κ2) is 9.66. The van der Waals surface area contributed by atoms with Crippen molar-refractivity contribution in [3.63, 3.8) is 0 Å². The molecule has 11 heteroatoms. The molecular formula is C27H24BrN7O3. The normalized spacial score (nSPS) is 15.9. The van der Waals surface area contributed by atoms with Crippen LogP contribution in [0, 0.1) is 0 Å². The van der Waals surface area contributed by atoms with Crippen molar-refractivity contribution in [2.75, 3.05) is 13.1 Å². The van der Waals surface area contributed by atoms with Gasteiger partial charge in [0, 0.05) is 31.9 Å². The lowest BCUT2D eigenvalue weighted by Gasteiger charge is -2.16. The molecule has 0 bridgehead atoms. The molecule has 192 valence electrons. The summed E-state index contributed by atoms with van der Waals surface area (Å²) in [5.74, 6) is -0.00601. The third kappa shape index (κ3) is 4.23. The zero-order valence-electron chi connectivity index (χ0n) is 20.5. The highest BCUT2D eigenvalue weighted by Crippen LogP contribution is 2.27. The van der Waals surface area contributed by atoms with Gasteiger partial charge in [0.1, 0.15) is 10.4 Å². The fourth-order valence-corrected chi connectivity index (χ4v) is 5.35. The second-order valence-corrected chi connectivity index (χ2v) is 10.2. The van der Waals surface area contributed by atoms with Gasteiger partial charge in [-0.05, 0) is 58.7 Å². The van der Waals surface area contributed by atoms with Crippen LogP contribution < -0.4 is 5.69 Å². The minimum absolute atomic E-state index is 0.00941. The van der Waals surface area contributed by atoms with E-state index in [2.05, 4.69) is 35.8 Å². The maximum Gasteiger partial charge on any atom is 0.335 e. The largest absolute Gasteiger partial charge is 0.478 e.